The summed E-state index contributed by atoms with van der Waals surface area (Å²) in [6.45, 7) is 3.58. The van der Waals surface area contributed by atoms with Crippen LogP contribution in [0, 0.1) is 13.8 Å². The van der Waals surface area contributed by atoms with Crippen molar-refractivity contribution >= 4 is 65.7 Å². The number of carboxylic acids is 1. The maximum atomic E-state index is 11.4. The number of aromatic carboxylic acids is 1. The molecule has 0 aliphatic heterocycles. The van der Waals surface area contributed by atoms with Crippen LogP contribution in [-0.2, 0) is 4.74 Å². The van der Waals surface area contributed by atoms with Crippen LogP contribution >= 0.6 is 31.9 Å². The fourth-order valence-electron chi connectivity index (χ4n) is 2.89. The molecule has 0 fully saturated rings. The number of hydrogen-bond donors (Lipinski definition) is 1. The molecule has 29 heavy (non-hydrogen) atoms. The number of benzene rings is 2. The first-order valence-corrected chi connectivity index (χ1v) is 10.0. The van der Waals surface area contributed by atoms with Gasteiger partial charge in [0, 0.05) is 30.8 Å². The number of carbonyl (C=O) groups is 2. The van der Waals surface area contributed by atoms with Crippen LogP contribution in [-0.4, -0.2) is 24.2 Å². The van der Waals surface area contributed by atoms with Gasteiger partial charge in [-0.1, -0.05) is 31.9 Å². The van der Waals surface area contributed by atoms with Gasteiger partial charge in [-0.05, 0) is 50.2 Å². The molecule has 0 saturated carbocycles. The smallest absolute Gasteiger partial charge is 0.374 e. The molecule has 0 radical (unpaired) electrons. The zero-order valence-electron chi connectivity index (χ0n) is 15.7. The Kier molecular flexibility index (Phi) is 6.14. The van der Waals surface area contributed by atoms with E-state index in [9.17, 15) is 9.59 Å². The highest BCUT2D eigenvalue weighted by molar-refractivity contribution is 9.10. The number of hydrogen-bond acceptors (Lipinski definition) is 5. The lowest BCUT2D eigenvalue weighted by molar-refractivity contribution is 0.0565. The lowest BCUT2D eigenvalue weighted by Crippen LogP contribution is -2.00. The van der Waals surface area contributed by atoms with Crippen LogP contribution in [0.5, 0.6) is 0 Å². The zero-order valence-corrected chi connectivity index (χ0v) is 18.9. The summed E-state index contributed by atoms with van der Waals surface area (Å²) < 4.78 is 17.1. The fraction of sp³-hybridized carbons (Fsp3) is 0.143. The van der Waals surface area contributed by atoms with E-state index in [4.69, 9.17) is 13.9 Å². The standard InChI is InChI=1S/C11H9BrO3.C10H7BrO3/c1-6-8-4-3-7(12)5-9(8)15-10(6)11(13)14-2;1-5-7-3-2-6(11)4-8(7)14-9(5)10(12)13/h3-5H,1-2H3;2-4H,1H3,(H,12,13). The third kappa shape index (κ3) is 4.23. The minimum atomic E-state index is -1.03. The highest BCUT2D eigenvalue weighted by Gasteiger charge is 2.18. The second kappa shape index (κ2) is 8.42. The van der Waals surface area contributed by atoms with Gasteiger partial charge in [0.25, 0.3) is 0 Å². The summed E-state index contributed by atoms with van der Waals surface area (Å²) in [5.41, 5.74) is 2.75. The van der Waals surface area contributed by atoms with E-state index in [1.165, 1.54) is 7.11 Å². The van der Waals surface area contributed by atoms with Crippen molar-refractivity contribution in [3.8, 4) is 0 Å². The van der Waals surface area contributed by atoms with Crippen LogP contribution in [0.25, 0.3) is 21.9 Å². The molecule has 0 aliphatic rings. The van der Waals surface area contributed by atoms with E-state index in [1.807, 2.05) is 37.3 Å². The van der Waals surface area contributed by atoms with Crippen molar-refractivity contribution in [1.29, 1.82) is 0 Å². The lowest BCUT2D eigenvalue weighted by atomic mass is 10.1. The van der Waals surface area contributed by atoms with Gasteiger partial charge >= 0.3 is 11.9 Å². The molecule has 8 heteroatoms. The molecule has 0 amide bonds. The third-order valence-corrected chi connectivity index (χ3v) is 5.35. The number of fused-ring (bicyclic) bond motifs is 2. The van der Waals surface area contributed by atoms with E-state index in [1.54, 1.807) is 13.0 Å². The Hall–Kier alpha value is -2.58. The van der Waals surface area contributed by atoms with Crippen molar-refractivity contribution in [2.75, 3.05) is 7.11 Å². The van der Waals surface area contributed by atoms with Gasteiger partial charge in [0.1, 0.15) is 11.2 Å². The molecule has 150 valence electrons. The van der Waals surface area contributed by atoms with E-state index in [-0.39, 0.29) is 11.5 Å². The number of esters is 1. The fourth-order valence-corrected chi connectivity index (χ4v) is 3.57. The molecule has 0 aliphatic carbocycles. The number of ether oxygens (including phenoxy) is 1. The van der Waals surface area contributed by atoms with Crippen molar-refractivity contribution in [1.82, 2.24) is 0 Å². The summed E-state index contributed by atoms with van der Waals surface area (Å²) in [5, 5.41) is 10.6. The Labute approximate surface area is 182 Å². The average Bonchev–Trinajstić information content (AvgIpc) is 3.18. The van der Waals surface area contributed by atoms with Gasteiger partial charge in [-0.3, -0.25) is 0 Å². The van der Waals surface area contributed by atoms with Gasteiger partial charge in [0.2, 0.25) is 11.5 Å². The molecule has 4 rings (SSSR count). The van der Waals surface area contributed by atoms with Crippen LogP contribution in [0.2, 0.25) is 0 Å². The van der Waals surface area contributed by atoms with Crippen LogP contribution in [0.3, 0.4) is 0 Å². The number of methoxy groups -OCH3 is 1. The monoisotopic (exact) mass is 522 g/mol. The first-order chi connectivity index (χ1) is 13.7. The second-order valence-electron chi connectivity index (χ2n) is 6.19. The normalized spacial score (nSPS) is 10.7. The average molecular weight is 524 g/mol. The zero-order chi connectivity index (χ0) is 21.3. The summed E-state index contributed by atoms with van der Waals surface area (Å²) in [6, 6.07) is 11.1. The van der Waals surface area contributed by atoms with Crippen molar-refractivity contribution in [2.24, 2.45) is 0 Å². The molecule has 0 saturated heterocycles. The van der Waals surface area contributed by atoms with Gasteiger partial charge in [-0.15, -0.1) is 0 Å². The topological polar surface area (TPSA) is 89.9 Å². The minimum absolute atomic E-state index is 0.0121. The van der Waals surface area contributed by atoms with Gasteiger partial charge in [-0.2, -0.15) is 0 Å². The summed E-state index contributed by atoms with van der Waals surface area (Å²) in [7, 11) is 1.34. The predicted molar refractivity (Wildman–Crippen MR) is 116 cm³/mol. The minimum Gasteiger partial charge on any atom is -0.475 e. The van der Waals surface area contributed by atoms with Crippen LogP contribution < -0.4 is 0 Å². The first-order valence-electron chi connectivity index (χ1n) is 8.41. The van der Waals surface area contributed by atoms with E-state index in [0.717, 1.165) is 25.3 Å². The Morgan fingerprint density at radius 3 is 1.76 bits per heavy atom. The van der Waals surface area contributed by atoms with Gasteiger partial charge in [0.15, 0.2) is 0 Å². The number of aryl methyl sites for hydroxylation is 2. The number of carbonyl (C=O) groups excluding carboxylic acids is 1. The molecular weight excluding hydrogens is 508 g/mol. The number of halogens is 2. The largest absolute Gasteiger partial charge is 0.475 e. The Morgan fingerprint density at radius 2 is 1.31 bits per heavy atom. The third-order valence-electron chi connectivity index (χ3n) is 4.37. The summed E-state index contributed by atoms with van der Waals surface area (Å²) in [4.78, 5) is 22.1. The summed E-state index contributed by atoms with van der Waals surface area (Å²) in [6.07, 6.45) is 0. The molecule has 6 nitrogen and oxygen atoms in total. The van der Waals surface area contributed by atoms with Crippen LogP contribution in [0.15, 0.2) is 54.2 Å². The molecule has 2 aromatic heterocycles. The van der Waals surface area contributed by atoms with Crippen molar-refractivity contribution in [3.05, 3.63) is 68.0 Å². The quantitative estimate of drug-likeness (QED) is 0.302. The molecule has 0 atom stereocenters. The molecule has 0 spiro atoms. The Morgan fingerprint density at radius 1 is 0.862 bits per heavy atom. The molecule has 2 heterocycles. The number of furan rings is 2. The lowest BCUT2D eigenvalue weighted by Gasteiger charge is -1.93. The number of rotatable bonds is 2. The molecule has 4 aromatic rings. The molecule has 2 aromatic carbocycles. The van der Waals surface area contributed by atoms with E-state index in [0.29, 0.717) is 16.7 Å². The number of carboxylic acid groups (broad SMARTS) is 1. The second-order valence-corrected chi connectivity index (χ2v) is 8.02. The highest BCUT2D eigenvalue weighted by Crippen LogP contribution is 2.29. The van der Waals surface area contributed by atoms with E-state index in [2.05, 4.69) is 36.6 Å². The summed E-state index contributed by atoms with van der Waals surface area (Å²) in [5.74, 6) is -1.20. The predicted octanol–water partition coefficient (Wildman–Crippen LogP) is 6.49. The molecular formula is C21H16Br2O6. The molecule has 0 unspecified atom stereocenters. The van der Waals surface area contributed by atoms with Gasteiger partial charge in [0.05, 0.1) is 7.11 Å². The first kappa shape index (κ1) is 21.1. The van der Waals surface area contributed by atoms with Crippen molar-refractivity contribution in [3.63, 3.8) is 0 Å². The van der Waals surface area contributed by atoms with E-state index >= 15 is 0 Å². The Balaban J connectivity index is 0.000000166. The van der Waals surface area contributed by atoms with Crippen molar-refractivity contribution in [2.45, 2.75) is 13.8 Å². The van der Waals surface area contributed by atoms with Gasteiger partial charge in [-0.25, -0.2) is 9.59 Å². The van der Waals surface area contributed by atoms with Crippen LogP contribution in [0.4, 0.5) is 0 Å². The molecule has 0 bridgehead atoms. The maximum Gasteiger partial charge on any atom is 0.374 e. The summed E-state index contributed by atoms with van der Waals surface area (Å²) >= 11 is 6.64. The Bertz CT molecular complexity index is 1240. The SMILES string of the molecule is COC(=O)c1oc2cc(Br)ccc2c1C.Cc1c(C(=O)O)oc2cc(Br)ccc12. The van der Waals surface area contributed by atoms with Crippen LogP contribution in [0.1, 0.15) is 32.2 Å². The maximum absolute atomic E-state index is 11.4. The molecule has 1 N–H and O–H groups in total. The van der Waals surface area contributed by atoms with Gasteiger partial charge < -0.3 is 18.7 Å². The van der Waals surface area contributed by atoms with Crippen molar-refractivity contribution < 1.29 is 28.3 Å². The highest BCUT2D eigenvalue weighted by atomic mass is 79.9. The van der Waals surface area contributed by atoms with E-state index < -0.39 is 11.9 Å².